The smallest absolute Gasteiger partial charge is 0.141 e. The number of rotatable bonds is 3. The van der Waals surface area contributed by atoms with E-state index in [1.807, 2.05) is 7.11 Å². The molecule has 3 aliphatic rings. The molecule has 0 N–H and O–H groups in total. The summed E-state index contributed by atoms with van der Waals surface area (Å²) >= 11 is 6.29. The van der Waals surface area contributed by atoms with Crippen molar-refractivity contribution in [3.8, 4) is 0 Å². The number of hydrogen-bond acceptors (Lipinski definition) is 1. The van der Waals surface area contributed by atoms with Gasteiger partial charge in [-0.25, -0.2) is 0 Å². The minimum atomic E-state index is -0.0330. The van der Waals surface area contributed by atoms with Crippen molar-refractivity contribution in [2.24, 2.45) is 11.8 Å². The molecule has 0 saturated heterocycles. The standard InChI is InChI=1S/C22H30BClO/c1-14(15-10-11-21(24)20(23)13-15)22(25-2)17-7-5-9-19(22)18-8-4-3-6-16(18)12-17/h10-11,13-14,17,19H,3-9,12,23H2,1-2H3. The minimum Gasteiger partial charge on any atom is -0.377 e. The van der Waals surface area contributed by atoms with Crippen molar-refractivity contribution in [2.45, 2.75) is 69.8 Å². The molecule has 1 aromatic carbocycles. The van der Waals surface area contributed by atoms with Gasteiger partial charge in [0.15, 0.2) is 0 Å². The Bertz CT molecular complexity index is 697. The van der Waals surface area contributed by atoms with Gasteiger partial charge < -0.3 is 4.74 Å². The van der Waals surface area contributed by atoms with Gasteiger partial charge in [-0.3, -0.25) is 0 Å². The van der Waals surface area contributed by atoms with Crippen LogP contribution in [0, 0.1) is 11.8 Å². The fraction of sp³-hybridized carbons (Fsp3) is 0.636. The molecule has 0 spiro atoms. The fourth-order valence-corrected chi connectivity index (χ4v) is 6.41. The maximum absolute atomic E-state index is 6.51. The molecule has 4 atom stereocenters. The maximum Gasteiger partial charge on any atom is 0.141 e. The molecule has 3 heteroatoms. The quantitative estimate of drug-likeness (QED) is 0.559. The van der Waals surface area contributed by atoms with E-state index in [-0.39, 0.29) is 5.60 Å². The van der Waals surface area contributed by atoms with E-state index in [0.717, 1.165) is 5.02 Å². The molecule has 4 rings (SSSR count). The van der Waals surface area contributed by atoms with Crippen LogP contribution in [0.15, 0.2) is 29.3 Å². The zero-order valence-electron chi connectivity index (χ0n) is 15.9. The Balaban J connectivity index is 1.79. The van der Waals surface area contributed by atoms with Gasteiger partial charge >= 0.3 is 0 Å². The number of halogens is 1. The molecule has 0 aromatic heterocycles. The second-order valence-corrected chi connectivity index (χ2v) is 8.92. The van der Waals surface area contributed by atoms with E-state index >= 15 is 0 Å². The van der Waals surface area contributed by atoms with Crippen LogP contribution in [0.3, 0.4) is 0 Å². The van der Waals surface area contributed by atoms with Crippen LogP contribution in [-0.2, 0) is 4.74 Å². The third kappa shape index (κ3) is 2.72. The second-order valence-electron chi connectivity index (χ2n) is 8.51. The van der Waals surface area contributed by atoms with Gasteiger partial charge in [0.05, 0.1) is 5.60 Å². The Labute approximate surface area is 158 Å². The summed E-state index contributed by atoms with van der Waals surface area (Å²) in [6.45, 7) is 2.39. The highest BCUT2D eigenvalue weighted by atomic mass is 35.5. The molecule has 3 aliphatic carbocycles. The normalized spacial score (nSPS) is 33.1. The maximum atomic E-state index is 6.51. The van der Waals surface area contributed by atoms with Crippen LogP contribution in [0.1, 0.15) is 69.8 Å². The zero-order valence-corrected chi connectivity index (χ0v) is 16.7. The monoisotopic (exact) mass is 356 g/mol. The van der Waals surface area contributed by atoms with E-state index in [4.69, 9.17) is 16.3 Å². The Kier molecular flexibility index (Phi) is 4.79. The van der Waals surface area contributed by atoms with Crippen molar-refractivity contribution >= 4 is 24.9 Å². The lowest BCUT2D eigenvalue weighted by atomic mass is 9.53. The van der Waals surface area contributed by atoms with E-state index in [2.05, 4.69) is 33.0 Å². The molecule has 134 valence electrons. The molecule has 0 amide bonds. The second kappa shape index (κ2) is 6.78. The van der Waals surface area contributed by atoms with Crippen molar-refractivity contribution in [1.29, 1.82) is 0 Å². The number of benzene rings is 1. The summed E-state index contributed by atoms with van der Waals surface area (Å²) in [7, 11) is 4.08. The summed E-state index contributed by atoms with van der Waals surface area (Å²) in [5.41, 5.74) is 6.11. The lowest BCUT2D eigenvalue weighted by molar-refractivity contribution is -0.136. The molecule has 25 heavy (non-hydrogen) atoms. The predicted octanol–water partition coefficient (Wildman–Crippen LogP) is 4.78. The summed E-state index contributed by atoms with van der Waals surface area (Å²) in [5, 5.41) is 0.864. The van der Waals surface area contributed by atoms with E-state index < -0.39 is 0 Å². The first kappa shape index (κ1) is 17.7. The van der Waals surface area contributed by atoms with Gasteiger partial charge in [-0.05, 0) is 62.5 Å². The first-order chi connectivity index (χ1) is 12.1. The third-order valence-corrected chi connectivity index (χ3v) is 7.91. The molecule has 0 radical (unpaired) electrons. The van der Waals surface area contributed by atoms with Gasteiger partial charge in [-0.15, -0.1) is 0 Å². The summed E-state index contributed by atoms with van der Waals surface area (Å²) in [5.74, 6) is 1.69. The average Bonchev–Trinajstić information content (AvgIpc) is 2.63. The molecule has 1 aromatic rings. The number of hydrogen-bond donors (Lipinski definition) is 0. The predicted molar refractivity (Wildman–Crippen MR) is 109 cm³/mol. The molecular formula is C22H30BClO. The molecule has 1 nitrogen and oxygen atoms in total. The Morgan fingerprint density at radius 2 is 2.00 bits per heavy atom. The number of allylic oxidation sites excluding steroid dienone is 1. The molecular weight excluding hydrogens is 327 g/mol. The highest BCUT2D eigenvalue weighted by molar-refractivity contribution is 6.45. The van der Waals surface area contributed by atoms with Crippen LogP contribution in [0.25, 0.3) is 0 Å². The number of methoxy groups -OCH3 is 1. The Morgan fingerprint density at radius 1 is 1.20 bits per heavy atom. The summed E-state index contributed by atoms with van der Waals surface area (Å²) in [6.07, 6.45) is 10.7. The first-order valence-corrected chi connectivity index (χ1v) is 10.5. The molecule has 0 aliphatic heterocycles. The van der Waals surface area contributed by atoms with Gasteiger partial charge in [0.2, 0.25) is 0 Å². The van der Waals surface area contributed by atoms with Gasteiger partial charge in [-0.1, -0.05) is 53.7 Å². The van der Waals surface area contributed by atoms with Crippen molar-refractivity contribution in [1.82, 2.24) is 0 Å². The summed E-state index contributed by atoms with van der Waals surface area (Å²) < 4.78 is 6.51. The van der Waals surface area contributed by atoms with Crippen LogP contribution >= 0.6 is 11.6 Å². The van der Waals surface area contributed by atoms with E-state index in [1.54, 1.807) is 11.1 Å². The first-order valence-electron chi connectivity index (χ1n) is 10.1. The zero-order chi connectivity index (χ0) is 17.6. The summed E-state index contributed by atoms with van der Waals surface area (Å²) in [4.78, 5) is 0. The topological polar surface area (TPSA) is 9.23 Å². The third-order valence-electron chi connectivity index (χ3n) is 7.48. The summed E-state index contributed by atoms with van der Waals surface area (Å²) in [6, 6.07) is 6.57. The number of fused-ring (bicyclic) bond motifs is 3. The van der Waals surface area contributed by atoms with Gasteiger partial charge in [-0.2, -0.15) is 0 Å². The van der Waals surface area contributed by atoms with E-state index in [1.165, 1.54) is 62.4 Å². The molecule has 1 fully saturated rings. The largest absolute Gasteiger partial charge is 0.377 e. The highest BCUT2D eigenvalue weighted by Gasteiger charge is 2.55. The Hall–Kier alpha value is -0.725. The van der Waals surface area contributed by atoms with Crippen molar-refractivity contribution in [3.05, 3.63) is 39.9 Å². The van der Waals surface area contributed by atoms with Crippen LogP contribution in [0.4, 0.5) is 0 Å². The molecule has 4 unspecified atom stereocenters. The minimum absolute atomic E-state index is 0.0330. The van der Waals surface area contributed by atoms with Crippen molar-refractivity contribution in [2.75, 3.05) is 7.11 Å². The highest BCUT2D eigenvalue weighted by Crippen LogP contribution is 2.59. The SMILES string of the molecule is Bc1cc(C(C)C2(OC)C3CCCC2C2=C(CCCC2)C3)ccc1Cl. The van der Waals surface area contributed by atoms with Crippen molar-refractivity contribution < 1.29 is 4.74 Å². The Morgan fingerprint density at radius 3 is 2.76 bits per heavy atom. The van der Waals surface area contributed by atoms with Crippen molar-refractivity contribution in [3.63, 3.8) is 0 Å². The van der Waals surface area contributed by atoms with E-state index in [9.17, 15) is 0 Å². The molecule has 1 saturated carbocycles. The van der Waals surface area contributed by atoms with E-state index in [0.29, 0.717) is 17.8 Å². The van der Waals surface area contributed by atoms with Gasteiger partial charge in [0.1, 0.15) is 7.85 Å². The van der Waals surface area contributed by atoms with Crippen LogP contribution in [-0.4, -0.2) is 20.6 Å². The fourth-order valence-electron chi connectivity index (χ4n) is 6.29. The molecule has 0 heterocycles. The van der Waals surface area contributed by atoms with Gasteiger partial charge in [0.25, 0.3) is 0 Å². The molecule has 2 bridgehead atoms. The van der Waals surface area contributed by atoms with Crippen LogP contribution in [0.5, 0.6) is 0 Å². The van der Waals surface area contributed by atoms with Crippen LogP contribution < -0.4 is 5.46 Å². The van der Waals surface area contributed by atoms with Crippen LogP contribution in [0.2, 0.25) is 5.02 Å². The average molecular weight is 357 g/mol. The van der Waals surface area contributed by atoms with Gasteiger partial charge in [0, 0.05) is 24.0 Å². The lowest BCUT2D eigenvalue weighted by Crippen LogP contribution is -2.56. The lowest BCUT2D eigenvalue weighted by Gasteiger charge is -2.57. The number of ether oxygens (including phenoxy) is 1.